The summed E-state index contributed by atoms with van der Waals surface area (Å²) in [5.41, 5.74) is 13.8. The Morgan fingerprint density at radius 2 is 2.06 bits per heavy atom. The molecule has 0 fully saturated rings. The van der Waals surface area contributed by atoms with Gasteiger partial charge < -0.3 is 26.8 Å². The zero-order chi connectivity index (χ0) is 13.0. The Balaban J connectivity index is 1.89. The average molecular weight is 249 g/mol. The van der Waals surface area contributed by atoms with E-state index in [0.717, 1.165) is 30.5 Å². The van der Waals surface area contributed by atoms with Crippen molar-refractivity contribution in [2.45, 2.75) is 12.5 Å². The van der Waals surface area contributed by atoms with Gasteiger partial charge in [0.25, 0.3) is 0 Å². The van der Waals surface area contributed by atoms with Gasteiger partial charge in [-0.1, -0.05) is 6.07 Å². The third-order valence-electron chi connectivity index (χ3n) is 2.88. The molecular formula is C12H19N5O. The monoisotopic (exact) mass is 249 g/mol. The van der Waals surface area contributed by atoms with Crippen LogP contribution in [0.2, 0.25) is 0 Å². The molecule has 0 aliphatic heterocycles. The first-order valence-electron chi connectivity index (χ1n) is 6.06. The summed E-state index contributed by atoms with van der Waals surface area (Å²) in [4.78, 5) is 16.6. The SMILES string of the molecule is NCC(N)CNCCc1ccc2[nH]c(=O)[nH]c2c1. The van der Waals surface area contributed by atoms with Gasteiger partial charge in [-0.05, 0) is 30.7 Å². The van der Waals surface area contributed by atoms with E-state index < -0.39 is 0 Å². The largest absolute Gasteiger partial charge is 0.329 e. The summed E-state index contributed by atoms with van der Waals surface area (Å²) in [7, 11) is 0. The maximum atomic E-state index is 11.1. The predicted octanol–water partition coefficient (Wildman–Crippen LogP) is -0.726. The lowest BCUT2D eigenvalue weighted by Crippen LogP contribution is -2.40. The molecule has 0 radical (unpaired) electrons. The Labute approximate surface area is 105 Å². The van der Waals surface area contributed by atoms with Gasteiger partial charge in [-0.3, -0.25) is 0 Å². The standard InChI is InChI=1S/C12H19N5O/c13-6-9(14)7-15-4-3-8-1-2-10-11(5-8)17-12(18)16-10/h1-2,5,9,15H,3-4,6-7,13-14H2,(H2,16,17,18). The van der Waals surface area contributed by atoms with Crippen LogP contribution in [0.25, 0.3) is 11.0 Å². The van der Waals surface area contributed by atoms with Gasteiger partial charge in [0.2, 0.25) is 0 Å². The Kier molecular flexibility index (Phi) is 4.14. The molecule has 6 heteroatoms. The molecular weight excluding hydrogens is 230 g/mol. The maximum Gasteiger partial charge on any atom is 0.323 e. The molecule has 0 saturated heterocycles. The summed E-state index contributed by atoms with van der Waals surface area (Å²) in [5, 5.41) is 3.25. The quantitative estimate of drug-likeness (QED) is 0.435. The van der Waals surface area contributed by atoms with Crippen molar-refractivity contribution in [3.63, 3.8) is 0 Å². The van der Waals surface area contributed by atoms with Gasteiger partial charge in [-0.15, -0.1) is 0 Å². The Morgan fingerprint density at radius 1 is 1.28 bits per heavy atom. The number of rotatable bonds is 6. The summed E-state index contributed by atoms with van der Waals surface area (Å²) in [6.45, 7) is 2.05. The van der Waals surface area contributed by atoms with Gasteiger partial charge in [-0.25, -0.2) is 4.79 Å². The van der Waals surface area contributed by atoms with E-state index in [1.165, 1.54) is 5.56 Å². The van der Waals surface area contributed by atoms with E-state index in [1.54, 1.807) is 0 Å². The van der Waals surface area contributed by atoms with Gasteiger partial charge >= 0.3 is 5.69 Å². The maximum absolute atomic E-state index is 11.1. The van der Waals surface area contributed by atoms with Crippen LogP contribution >= 0.6 is 0 Å². The number of aromatic nitrogens is 2. The minimum atomic E-state index is -0.172. The number of imidazole rings is 1. The lowest BCUT2D eigenvalue weighted by Gasteiger charge is -2.09. The van der Waals surface area contributed by atoms with Crippen LogP contribution in [0.5, 0.6) is 0 Å². The number of benzene rings is 1. The topological polar surface area (TPSA) is 113 Å². The van der Waals surface area contributed by atoms with Crippen molar-refractivity contribution in [1.82, 2.24) is 15.3 Å². The smallest absolute Gasteiger partial charge is 0.323 e. The summed E-state index contributed by atoms with van der Waals surface area (Å²) in [5.74, 6) is 0. The van der Waals surface area contributed by atoms with Gasteiger partial charge in [0.1, 0.15) is 0 Å². The molecule has 2 aromatic rings. The molecule has 0 spiro atoms. The molecule has 0 aliphatic rings. The van der Waals surface area contributed by atoms with Crippen molar-refractivity contribution in [2.75, 3.05) is 19.6 Å². The highest BCUT2D eigenvalue weighted by Gasteiger charge is 2.01. The second-order valence-corrected chi connectivity index (χ2v) is 4.41. The highest BCUT2D eigenvalue weighted by Crippen LogP contribution is 2.10. The van der Waals surface area contributed by atoms with Gasteiger partial charge in [0.15, 0.2) is 0 Å². The van der Waals surface area contributed by atoms with Gasteiger partial charge in [0.05, 0.1) is 11.0 Å². The number of hydrogen-bond acceptors (Lipinski definition) is 4. The second-order valence-electron chi connectivity index (χ2n) is 4.41. The Hall–Kier alpha value is -1.63. The molecule has 2 rings (SSSR count). The van der Waals surface area contributed by atoms with Crippen LogP contribution in [0.15, 0.2) is 23.0 Å². The zero-order valence-corrected chi connectivity index (χ0v) is 10.2. The van der Waals surface area contributed by atoms with E-state index in [4.69, 9.17) is 11.5 Å². The summed E-state index contributed by atoms with van der Waals surface area (Å²) in [6, 6.07) is 5.91. The molecule has 0 bridgehead atoms. The second kappa shape index (κ2) is 5.81. The molecule has 0 aliphatic carbocycles. The van der Waals surface area contributed by atoms with E-state index in [9.17, 15) is 4.79 Å². The van der Waals surface area contributed by atoms with Crippen LogP contribution in [0, 0.1) is 0 Å². The first kappa shape index (κ1) is 12.8. The van der Waals surface area contributed by atoms with Crippen molar-refractivity contribution in [3.8, 4) is 0 Å². The van der Waals surface area contributed by atoms with E-state index in [0.29, 0.717) is 6.54 Å². The molecule has 1 atom stereocenters. The number of aromatic amines is 2. The van der Waals surface area contributed by atoms with Gasteiger partial charge in [0, 0.05) is 19.1 Å². The fourth-order valence-electron chi connectivity index (χ4n) is 1.84. The van der Waals surface area contributed by atoms with Crippen molar-refractivity contribution >= 4 is 11.0 Å². The highest BCUT2D eigenvalue weighted by atomic mass is 16.1. The molecule has 18 heavy (non-hydrogen) atoms. The molecule has 98 valence electrons. The van der Waals surface area contributed by atoms with Crippen molar-refractivity contribution in [1.29, 1.82) is 0 Å². The first-order valence-corrected chi connectivity index (χ1v) is 6.06. The minimum Gasteiger partial charge on any atom is -0.329 e. The fourth-order valence-corrected chi connectivity index (χ4v) is 1.84. The molecule has 1 aromatic heterocycles. The minimum absolute atomic E-state index is 0.00788. The summed E-state index contributed by atoms with van der Waals surface area (Å²) >= 11 is 0. The molecule has 1 heterocycles. The lowest BCUT2D eigenvalue weighted by atomic mass is 10.1. The van der Waals surface area contributed by atoms with Crippen LogP contribution < -0.4 is 22.5 Å². The van der Waals surface area contributed by atoms with Crippen LogP contribution in [0.4, 0.5) is 0 Å². The molecule has 1 unspecified atom stereocenters. The van der Waals surface area contributed by atoms with Crippen LogP contribution in [0.1, 0.15) is 5.56 Å². The number of H-pyrrole nitrogens is 2. The van der Waals surface area contributed by atoms with E-state index in [1.807, 2.05) is 18.2 Å². The van der Waals surface area contributed by atoms with Gasteiger partial charge in [-0.2, -0.15) is 0 Å². The molecule has 6 nitrogen and oxygen atoms in total. The van der Waals surface area contributed by atoms with Crippen molar-refractivity contribution in [2.24, 2.45) is 11.5 Å². The predicted molar refractivity (Wildman–Crippen MR) is 72.5 cm³/mol. The fraction of sp³-hybridized carbons (Fsp3) is 0.417. The number of nitrogens with two attached hydrogens (primary N) is 2. The Morgan fingerprint density at radius 3 is 2.83 bits per heavy atom. The third kappa shape index (κ3) is 3.19. The van der Waals surface area contributed by atoms with Crippen LogP contribution in [-0.4, -0.2) is 35.6 Å². The van der Waals surface area contributed by atoms with E-state index in [-0.39, 0.29) is 11.7 Å². The molecule has 7 N–H and O–H groups in total. The van der Waals surface area contributed by atoms with Crippen LogP contribution in [-0.2, 0) is 6.42 Å². The normalized spacial score (nSPS) is 13.0. The number of fused-ring (bicyclic) bond motifs is 1. The average Bonchev–Trinajstić information content (AvgIpc) is 2.73. The summed E-state index contributed by atoms with van der Waals surface area (Å²) in [6.07, 6.45) is 0.889. The number of nitrogens with one attached hydrogen (secondary N) is 3. The summed E-state index contributed by atoms with van der Waals surface area (Å²) < 4.78 is 0. The van der Waals surface area contributed by atoms with E-state index in [2.05, 4.69) is 15.3 Å². The van der Waals surface area contributed by atoms with Crippen LogP contribution in [0.3, 0.4) is 0 Å². The molecule has 0 amide bonds. The molecule has 1 aromatic carbocycles. The highest BCUT2D eigenvalue weighted by molar-refractivity contribution is 5.74. The van der Waals surface area contributed by atoms with Crippen molar-refractivity contribution in [3.05, 3.63) is 34.2 Å². The first-order chi connectivity index (χ1) is 8.69. The zero-order valence-electron chi connectivity index (χ0n) is 10.2. The van der Waals surface area contributed by atoms with E-state index >= 15 is 0 Å². The molecule has 0 saturated carbocycles. The Bertz CT molecular complexity index is 559. The lowest BCUT2D eigenvalue weighted by molar-refractivity contribution is 0.583. The number of hydrogen-bond donors (Lipinski definition) is 5. The third-order valence-corrected chi connectivity index (χ3v) is 2.88. The van der Waals surface area contributed by atoms with Crippen molar-refractivity contribution < 1.29 is 0 Å².